The van der Waals surface area contributed by atoms with Crippen LogP contribution in [0.4, 0.5) is 19.1 Å². The number of alkyl halides is 3. The lowest BCUT2D eigenvalue weighted by molar-refractivity contribution is -0.141. The lowest BCUT2D eigenvalue weighted by Gasteiger charge is -2.21. The van der Waals surface area contributed by atoms with Crippen molar-refractivity contribution in [3.63, 3.8) is 0 Å². The van der Waals surface area contributed by atoms with Gasteiger partial charge in [-0.15, -0.1) is 0 Å². The minimum absolute atomic E-state index is 0.0904. The molecule has 2 saturated heterocycles. The first-order chi connectivity index (χ1) is 13.4. The van der Waals surface area contributed by atoms with Gasteiger partial charge < -0.3 is 14.3 Å². The van der Waals surface area contributed by atoms with Crippen molar-refractivity contribution in [3.05, 3.63) is 35.5 Å². The van der Waals surface area contributed by atoms with Crippen LogP contribution in [0.3, 0.4) is 0 Å². The smallest absolute Gasteiger partial charge is 0.360 e. The van der Waals surface area contributed by atoms with Gasteiger partial charge in [0.15, 0.2) is 5.69 Å². The van der Waals surface area contributed by atoms with Crippen molar-refractivity contribution >= 4 is 11.9 Å². The van der Waals surface area contributed by atoms with Crippen LogP contribution in [0.15, 0.2) is 22.9 Å². The summed E-state index contributed by atoms with van der Waals surface area (Å²) in [5, 5.41) is 3.91. The molecule has 0 radical (unpaired) electrons. The zero-order valence-corrected chi connectivity index (χ0v) is 14.9. The van der Waals surface area contributed by atoms with Crippen molar-refractivity contribution in [3.8, 4) is 0 Å². The van der Waals surface area contributed by atoms with Gasteiger partial charge in [0.1, 0.15) is 11.5 Å². The summed E-state index contributed by atoms with van der Waals surface area (Å²) in [5.41, 5.74) is -0.608. The molecule has 28 heavy (non-hydrogen) atoms. The minimum atomic E-state index is -4.49. The van der Waals surface area contributed by atoms with Gasteiger partial charge in [-0.3, -0.25) is 4.79 Å². The first kappa shape index (κ1) is 17.4. The Morgan fingerprint density at radius 1 is 1.14 bits per heavy atom. The molecule has 2 unspecified atom stereocenters. The molecular formula is C18H18F3N5O2. The highest BCUT2D eigenvalue weighted by Crippen LogP contribution is 2.40. The fourth-order valence-corrected chi connectivity index (χ4v) is 4.09. The van der Waals surface area contributed by atoms with E-state index in [-0.39, 0.29) is 23.7 Å². The van der Waals surface area contributed by atoms with Crippen molar-refractivity contribution < 1.29 is 22.5 Å². The number of carbonyl (C=O) groups is 1. The van der Waals surface area contributed by atoms with E-state index in [0.717, 1.165) is 30.9 Å². The fourth-order valence-electron chi connectivity index (χ4n) is 4.09. The Labute approximate surface area is 158 Å². The van der Waals surface area contributed by atoms with E-state index in [1.54, 1.807) is 15.9 Å². The van der Waals surface area contributed by atoms with Crippen LogP contribution >= 0.6 is 0 Å². The third kappa shape index (κ3) is 3.10. The molecule has 0 N–H and O–H groups in total. The zero-order chi connectivity index (χ0) is 19.5. The Morgan fingerprint density at radius 2 is 1.86 bits per heavy atom. The molecule has 1 amide bonds. The predicted octanol–water partition coefficient (Wildman–Crippen LogP) is 2.57. The number of nitrogens with zero attached hydrogens (tertiary/aromatic N) is 5. The number of hydrogen-bond acceptors (Lipinski definition) is 6. The highest BCUT2D eigenvalue weighted by atomic mass is 19.4. The summed E-state index contributed by atoms with van der Waals surface area (Å²) >= 11 is 0. The molecule has 3 fully saturated rings. The van der Waals surface area contributed by atoms with E-state index in [1.807, 2.05) is 0 Å². The molecule has 2 aromatic rings. The number of rotatable bonds is 3. The summed E-state index contributed by atoms with van der Waals surface area (Å²) in [7, 11) is 0. The first-order valence-corrected chi connectivity index (χ1v) is 9.29. The number of aromatic nitrogens is 3. The predicted molar refractivity (Wildman–Crippen MR) is 90.6 cm³/mol. The van der Waals surface area contributed by atoms with Crippen LogP contribution in [0.5, 0.6) is 0 Å². The van der Waals surface area contributed by atoms with Crippen molar-refractivity contribution in [2.45, 2.75) is 24.9 Å². The maximum atomic E-state index is 12.9. The Kier molecular flexibility index (Phi) is 3.85. The van der Waals surface area contributed by atoms with Gasteiger partial charge in [0.2, 0.25) is 5.95 Å². The Bertz CT molecular complexity index is 897. The second kappa shape index (κ2) is 6.18. The molecule has 2 aromatic heterocycles. The number of anilines is 1. The van der Waals surface area contributed by atoms with Crippen LogP contribution in [0.25, 0.3) is 0 Å². The summed E-state index contributed by atoms with van der Waals surface area (Å²) in [5.74, 6) is 1.47. The van der Waals surface area contributed by atoms with Crippen molar-refractivity contribution in [1.29, 1.82) is 0 Å². The number of carbonyl (C=O) groups excluding carboxylic acids is 1. The summed E-state index contributed by atoms with van der Waals surface area (Å²) in [6, 6.07) is 2.60. The molecule has 0 bridgehead atoms. The third-order valence-corrected chi connectivity index (χ3v) is 5.72. The molecule has 1 aliphatic carbocycles. The maximum Gasteiger partial charge on any atom is 0.433 e. The van der Waals surface area contributed by atoms with E-state index in [9.17, 15) is 18.0 Å². The van der Waals surface area contributed by atoms with Crippen LogP contribution in [-0.2, 0) is 6.18 Å². The van der Waals surface area contributed by atoms with Gasteiger partial charge in [0, 0.05) is 56.2 Å². The van der Waals surface area contributed by atoms with E-state index < -0.39 is 11.9 Å². The van der Waals surface area contributed by atoms with Crippen molar-refractivity contribution in [2.24, 2.45) is 11.8 Å². The fraction of sp³-hybridized carbons (Fsp3) is 0.556. The van der Waals surface area contributed by atoms with Crippen LogP contribution < -0.4 is 4.90 Å². The van der Waals surface area contributed by atoms with Crippen LogP contribution in [0, 0.1) is 11.8 Å². The Hall–Kier alpha value is -2.65. The van der Waals surface area contributed by atoms with Crippen LogP contribution in [0.2, 0.25) is 0 Å². The molecule has 2 atom stereocenters. The van der Waals surface area contributed by atoms with Crippen LogP contribution in [0.1, 0.15) is 40.7 Å². The standard InChI is InChI=1S/C18H18F3N5O2/c19-18(20,21)15-3-4-22-17(23-15)26-8-11-6-25(7-12(11)9-26)16(27)13-5-14(28-24-13)10-1-2-10/h3-5,10-12H,1-2,6-9H2. The Balaban J connectivity index is 1.24. The molecule has 4 heterocycles. The highest BCUT2D eigenvalue weighted by Gasteiger charge is 2.43. The van der Waals surface area contributed by atoms with Gasteiger partial charge in [-0.2, -0.15) is 13.2 Å². The molecule has 1 saturated carbocycles. The van der Waals surface area contributed by atoms with Gasteiger partial charge >= 0.3 is 6.18 Å². The quantitative estimate of drug-likeness (QED) is 0.798. The molecule has 5 rings (SSSR count). The SMILES string of the molecule is O=C(c1cc(C2CC2)on1)N1CC2CN(c3nccc(C(F)(F)F)n3)CC2C1. The summed E-state index contributed by atoms with van der Waals surface area (Å²) in [4.78, 5) is 23.9. The van der Waals surface area contributed by atoms with E-state index >= 15 is 0 Å². The maximum absolute atomic E-state index is 12.9. The second-order valence-electron chi connectivity index (χ2n) is 7.76. The molecule has 2 aliphatic heterocycles. The molecule has 148 valence electrons. The number of hydrogen-bond donors (Lipinski definition) is 0. The van der Waals surface area contributed by atoms with Gasteiger partial charge in [0.25, 0.3) is 5.91 Å². The van der Waals surface area contributed by atoms with Crippen LogP contribution in [-0.4, -0.2) is 52.1 Å². The molecule has 0 aromatic carbocycles. The van der Waals surface area contributed by atoms with Gasteiger partial charge in [-0.05, 0) is 18.9 Å². The van der Waals surface area contributed by atoms with Gasteiger partial charge in [-0.25, -0.2) is 9.97 Å². The summed E-state index contributed by atoms with van der Waals surface area (Å²) in [6.07, 6.45) is -1.21. The average molecular weight is 393 g/mol. The number of fused-ring (bicyclic) bond motifs is 1. The van der Waals surface area contributed by atoms with Gasteiger partial charge in [-0.1, -0.05) is 5.16 Å². The zero-order valence-electron chi connectivity index (χ0n) is 14.9. The minimum Gasteiger partial charge on any atom is -0.360 e. The van der Waals surface area contributed by atoms with E-state index in [0.29, 0.717) is 37.8 Å². The number of halogens is 3. The highest BCUT2D eigenvalue weighted by molar-refractivity contribution is 5.92. The van der Waals surface area contributed by atoms with E-state index in [2.05, 4.69) is 15.1 Å². The topological polar surface area (TPSA) is 75.4 Å². The normalized spacial score (nSPS) is 24.7. The van der Waals surface area contributed by atoms with Crippen molar-refractivity contribution in [2.75, 3.05) is 31.1 Å². The molecule has 7 nitrogen and oxygen atoms in total. The number of likely N-dealkylation sites (tertiary alicyclic amines) is 1. The summed E-state index contributed by atoms with van der Waals surface area (Å²) < 4.78 is 43.9. The lowest BCUT2D eigenvalue weighted by atomic mass is 10.0. The second-order valence-corrected chi connectivity index (χ2v) is 7.76. The molecule has 0 spiro atoms. The first-order valence-electron chi connectivity index (χ1n) is 9.29. The molecule has 10 heteroatoms. The third-order valence-electron chi connectivity index (χ3n) is 5.72. The average Bonchev–Trinajstić information content (AvgIpc) is 3.09. The van der Waals surface area contributed by atoms with E-state index in [1.165, 1.54) is 0 Å². The monoisotopic (exact) mass is 393 g/mol. The lowest BCUT2D eigenvalue weighted by Crippen LogP contribution is -2.34. The Morgan fingerprint density at radius 3 is 2.50 bits per heavy atom. The van der Waals surface area contributed by atoms with E-state index in [4.69, 9.17) is 4.52 Å². The molecule has 3 aliphatic rings. The molecular weight excluding hydrogens is 375 g/mol. The van der Waals surface area contributed by atoms with Gasteiger partial charge in [0.05, 0.1) is 0 Å². The largest absolute Gasteiger partial charge is 0.433 e. The summed E-state index contributed by atoms with van der Waals surface area (Å²) in [6.45, 7) is 2.15. The van der Waals surface area contributed by atoms with Crippen molar-refractivity contribution in [1.82, 2.24) is 20.0 Å². The number of amides is 1.